The third-order valence-corrected chi connectivity index (χ3v) is 4.96. The third-order valence-electron chi connectivity index (χ3n) is 4.96. The smallest absolute Gasteiger partial charge is 0.194 e. The van der Waals surface area contributed by atoms with Crippen LogP contribution >= 0.6 is 0 Å². The lowest BCUT2D eigenvalue weighted by molar-refractivity contribution is 0.289. The first-order valence-electron chi connectivity index (χ1n) is 10.3. The highest BCUT2D eigenvalue weighted by atomic mass is 19.1. The maximum absolute atomic E-state index is 14.4. The van der Waals surface area contributed by atoms with Crippen molar-refractivity contribution in [2.45, 2.75) is 39.3 Å². The molecule has 0 radical (unpaired) electrons. The van der Waals surface area contributed by atoms with Crippen LogP contribution in [0.4, 0.5) is 8.78 Å². The highest BCUT2D eigenvalue weighted by molar-refractivity contribution is 5.79. The van der Waals surface area contributed by atoms with E-state index in [1.165, 1.54) is 18.2 Å². The lowest BCUT2D eigenvalue weighted by Gasteiger charge is -2.26. The van der Waals surface area contributed by atoms with E-state index >= 15 is 0 Å². The van der Waals surface area contributed by atoms with E-state index in [0.29, 0.717) is 25.0 Å². The molecule has 0 spiro atoms. The highest BCUT2D eigenvalue weighted by Gasteiger charge is 2.23. The number of aliphatic imine (C=N–C) groups is 1. The van der Waals surface area contributed by atoms with Crippen LogP contribution in [0.5, 0.6) is 0 Å². The van der Waals surface area contributed by atoms with Crippen molar-refractivity contribution < 1.29 is 8.78 Å². The summed E-state index contributed by atoms with van der Waals surface area (Å²) in [4.78, 5) is 8.50. The Hall–Kier alpha value is -2.48. The lowest BCUT2D eigenvalue weighted by atomic mass is 10.0. The molecule has 1 heterocycles. The normalized spacial score (nSPS) is 13.2. The first-order valence-corrected chi connectivity index (χ1v) is 10.3. The molecule has 8 heteroatoms. The monoisotopic (exact) mass is 420 g/mol. The number of hydrogen-bond donors (Lipinski definition) is 1. The van der Waals surface area contributed by atoms with Crippen LogP contribution < -0.4 is 5.32 Å². The van der Waals surface area contributed by atoms with Crippen LogP contribution in [0.15, 0.2) is 29.4 Å². The van der Waals surface area contributed by atoms with Gasteiger partial charge in [0, 0.05) is 44.5 Å². The first-order chi connectivity index (χ1) is 14.1. The van der Waals surface area contributed by atoms with Crippen LogP contribution in [0.2, 0.25) is 0 Å². The Morgan fingerprint density at radius 3 is 2.37 bits per heavy atom. The SMILES string of the molecule is CCNC(=NCC(c1c(F)cccc1F)N(C)C)N(C)Cc1cn(C)nc1C(C)C. The molecule has 0 fully saturated rings. The number of nitrogens with zero attached hydrogens (tertiary/aromatic N) is 5. The average molecular weight is 421 g/mol. The zero-order valence-corrected chi connectivity index (χ0v) is 19.1. The second-order valence-electron chi connectivity index (χ2n) is 8.03. The molecule has 0 saturated carbocycles. The molecule has 0 aliphatic heterocycles. The number of aromatic nitrogens is 2. The Morgan fingerprint density at radius 1 is 1.20 bits per heavy atom. The highest BCUT2D eigenvalue weighted by Crippen LogP contribution is 2.25. The molecule has 1 atom stereocenters. The summed E-state index contributed by atoms with van der Waals surface area (Å²) in [5, 5.41) is 7.84. The summed E-state index contributed by atoms with van der Waals surface area (Å²) in [6.45, 7) is 7.78. The summed E-state index contributed by atoms with van der Waals surface area (Å²) in [5.41, 5.74) is 2.23. The topological polar surface area (TPSA) is 48.7 Å². The van der Waals surface area contributed by atoms with Crippen molar-refractivity contribution in [2.24, 2.45) is 12.0 Å². The van der Waals surface area contributed by atoms with Gasteiger partial charge in [0.05, 0.1) is 18.3 Å². The maximum Gasteiger partial charge on any atom is 0.194 e. The third kappa shape index (κ3) is 5.78. The number of nitrogens with one attached hydrogen (secondary N) is 1. The van der Waals surface area contributed by atoms with Gasteiger partial charge in [-0.2, -0.15) is 5.10 Å². The van der Waals surface area contributed by atoms with E-state index in [9.17, 15) is 8.78 Å². The van der Waals surface area contributed by atoms with Crippen LogP contribution in [0, 0.1) is 11.6 Å². The van der Waals surface area contributed by atoms with E-state index in [1.807, 2.05) is 36.8 Å². The van der Waals surface area contributed by atoms with Gasteiger partial charge in [-0.25, -0.2) is 8.78 Å². The van der Waals surface area contributed by atoms with Crippen LogP contribution in [0.1, 0.15) is 49.6 Å². The number of aryl methyl sites for hydroxylation is 1. The fraction of sp³-hybridized carbons (Fsp3) is 0.545. The number of rotatable bonds is 8. The Morgan fingerprint density at radius 2 is 1.83 bits per heavy atom. The van der Waals surface area contributed by atoms with Gasteiger partial charge < -0.3 is 15.1 Å². The van der Waals surface area contributed by atoms with Gasteiger partial charge in [-0.1, -0.05) is 19.9 Å². The summed E-state index contributed by atoms with van der Waals surface area (Å²) in [6.07, 6.45) is 2.02. The second kappa shape index (κ2) is 10.5. The van der Waals surface area contributed by atoms with Crippen LogP contribution in [0.25, 0.3) is 0 Å². The van der Waals surface area contributed by atoms with Crippen molar-refractivity contribution in [3.8, 4) is 0 Å². The summed E-state index contributed by atoms with van der Waals surface area (Å²) in [5.74, 6) is -0.116. The van der Waals surface area contributed by atoms with Gasteiger partial charge in [-0.15, -0.1) is 0 Å². The molecule has 0 aliphatic rings. The summed E-state index contributed by atoms with van der Waals surface area (Å²) in [6, 6.07) is 3.43. The molecule has 6 nitrogen and oxygen atoms in total. The van der Waals surface area contributed by atoms with Gasteiger partial charge in [-0.3, -0.25) is 9.67 Å². The minimum atomic E-state index is -0.556. The van der Waals surface area contributed by atoms with Crippen LogP contribution in [0.3, 0.4) is 0 Å². The first kappa shape index (κ1) is 23.8. The fourth-order valence-corrected chi connectivity index (χ4v) is 3.48. The van der Waals surface area contributed by atoms with Gasteiger partial charge in [-0.05, 0) is 39.1 Å². The Kier molecular flexibility index (Phi) is 8.34. The molecule has 166 valence electrons. The van der Waals surface area contributed by atoms with E-state index in [2.05, 4.69) is 24.3 Å². The van der Waals surface area contributed by atoms with Crippen molar-refractivity contribution in [3.63, 3.8) is 0 Å². The largest absolute Gasteiger partial charge is 0.357 e. The minimum Gasteiger partial charge on any atom is -0.357 e. The van der Waals surface area contributed by atoms with E-state index in [1.54, 1.807) is 19.0 Å². The number of benzene rings is 1. The Balaban J connectivity index is 2.27. The molecule has 0 aliphatic carbocycles. The Bertz CT molecular complexity index is 839. The fourth-order valence-electron chi connectivity index (χ4n) is 3.48. The lowest BCUT2D eigenvalue weighted by Crippen LogP contribution is -2.39. The number of likely N-dealkylation sites (N-methyl/N-ethyl adjacent to an activating group) is 1. The van der Waals surface area contributed by atoms with Gasteiger partial charge in [0.15, 0.2) is 5.96 Å². The van der Waals surface area contributed by atoms with Gasteiger partial charge in [0.25, 0.3) is 0 Å². The van der Waals surface area contributed by atoms with Crippen LogP contribution in [-0.2, 0) is 13.6 Å². The van der Waals surface area contributed by atoms with Gasteiger partial charge >= 0.3 is 0 Å². The molecule has 0 saturated heterocycles. The second-order valence-corrected chi connectivity index (χ2v) is 8.03. The zero-order valence-electron chi connectivity index (χ0n) is 19.1. The predicted molar refractivity (Wildman–Crippen MR) is 118 cm³/mol. The Labute approximate surface area is 178 Å². The quantitative estimate of drug-likeness (QED) is 0.524. The molecule has 0 amide bonds. The predicted octanol–water partition coefficient (Wildman–Crippen LogP) is 3.52. The molecule has 1 N–H and O–H groups in total. The van der Waals surface area contributed by atoms with E-state index in [4.69, 9.17) is 4.99 Å². The van der Waals surface area contributed by atoms with E-state index < -0.39 is 17.7 Å². The molecule has 2 rings (SSSR count). The van der Waals surface area contributed by atoms with Crippen molar-refractivity contribution in [1.29, 1.82) is 0 Å². The van der Waals surface area contributed by atoms with Crippen molar-refractivity contribution >= 4 is 5.96 Å². The van der Waals surface area contributed by atoms with E-state index in [-0.39, 0.29) is 12.1 Å². The number of halogens is 2. The molecule has 1 aromatic carbocycles. The zero-order chi connectivity index (χ0) is 22.4. The molecule has 0 bridgehead atoms. The number of hydrogen-bond acceptors (Lipinski definition) is 3. The minimum absolute atomic E-state index is 0.0408. The molecule has 1 unspecified atom stereocenters. The number of guanidine groups is 1. The molecule has 2 aromatic rings. The molecule has 1 aromatic heterocycles. The molecular weight excluding hydrogens is 386 g/mol. The van der Waals surface area contributed by atoms with Gasteiger partial charge in [0.1, 0.15) is 11.6 Å². The van der Waals surface area contributed by atoms with Gasteiger partial charge in [0.2, 0.25) is 0 Å². The maximum atomic E-state index is 14.4. The van der Waals surface area contributed by atoms with Crippen molar-refractivity contribution in [2.75, 3.05) is 34.2 Å². The summed E-state index contributed by atoms with van der Waals surface area (Å²) < 4.78 is 30.5. The van der Waals surface area contributed by atoms with E-state index in [0.717, 1.165) is 11.3 Å². The molecular formula is C22H34F2N6. The summed E-state index contributed by atoms with van der Waals surface area (Å²) >= 11 is 0. The van der Waals surface area contributed by atoms with Crippen molar-refractivity contribution in [3.05, 3.63) is 52.9 Å². The average Bonchev–Trinajstić information content (AvgIpc) is 3.03. The standard InChI is InChI=1S/C22H34F2N6/c1-8-25-22(29(6)13-16-14-30(7)27-21(16)15(2)3)26-12-19(28(4)5)20-17(23)10-9-11-18(20)24/h9-11,14-15,19H,8,12-13H2,1-7H3,(H,25,26). The molecule has 30 heavy (non-hydrogen) atoms. The van der Waals surface area contributed by atoms with Crippen LogP contribution in [-0.4, -0.2) is 59.8 Å². The summed E-state index contributed by atoms with van der Waals surface area (Å²) in [7, 11) is 7.47. The van der Waals surface area contributed by atoms with Crippen molar-refractivity contribution in [1.82, 2.24) is 24.9 Å².